The van der Waals surface area contributed by atoms with Gasteiger partial charge in [-0.1, -0.05) is 0 Å². The Labute approximate surface area is 243 Å². The van der Waals surface area contributed by atoms with E-state index in [2.05, 4.69) is 15.1 Å². The Bertz CT molecular complexity index is 1740. The number of nitrogens with zero attached hydrogens (tertiary/aromatic N) is 5. The minimum absolute atomic E-state index is 0.150. The van der Waals surface area contributed by atoms with Crippen molar-refractivity contribution in [2.45, 2.75) is 52.3 Å². The van der Waals surface area contributed by atoms with Gasteiger partial charge in [0.25, 0.3) is 0 Å². The second-order valence-electron chi connectivity index (χ2n) is 11.0. The van der Waals surface area contributed by atoms with Crippen LogP contribution in [-0.4, -0.2) is 49.1 Å². The molecule has 1 aromatic carbocycles. The molecule has 0 bridgehead atoms. The topological polar surface area (TPSA) is 110 Å². The predicted octanol–water partition coefficient (Wildman–Crippen LogP) is 6.45. The lowest BCUT2D eigenvalue weighted by Crippen LogP contribution is -2.37. The van der Waals surface area contributed by atoms with Crippen molar-refractivity contribution in [3.63, 3.8) is 0 Å². The van der Waals surface area contributed by atoms with E-state index in [0.29, 0.717) is 39.1 Å². The molecule has 0 radical (unpaired) electrons. The number of carbonyl (C=O) groups is 2. The molecule has 5 rings (SSSR count). The van der Waals surface area contributed by atoms with Gasteiger partial charge < -0.3 is 9.84 Å². The molecule has 0 saturated heterocycles. The SMILES string of the molecule is CCN(C(=O)OC(C)(C)C)c1cc(F)cc2c1Cc1ncc(-c3cncc(CC(=O)O)c3)c(-n3ccc(C(F)(F)F)n3)c1-2. The quantitative estimate of drug-likeness (QED) is 0.224. The molecule has 1 N–H and O–H groups in total. The number of carboxylic acid groups (broad SMARTS) is 1. The first-order chi connectivity index (χ1) is 20.2. The lowest BCUT2D eigenvalue weighted by Gasteiger charge is -2.28. The number of rotatable bonds is 6. The van der Waals surface area contributed by atoms with Gasteiger partial charge in [-0.15, -0.1) is 0 Å². The molecule has 0 saturated carbocycles. The maximum atomic E-state index is 15.3. The number of carbonyl (C=O) groups excluding carboxylic acids is 1. The number of amides is 1. The van der Waals surface area contributed by atoms with Crippen LogP contribution in [0.25, 0.3) is 27.9 Å². The van der Waals surface area contributed by atoms with Crippen LogP contribution in [0.5, 0.6) is 0 Å². The fraction of sp³-hybridized carbons (Fsp3) is 0.300. The number of fused-ring (bicyclic) bond motifs is 3. The van der Waals surface area contributed by atoms with Crippen LogP contribution >= 0.6 is 0 Å². The second kappa shape index (κ2) is 10.8. The first-order valence-corrected chi connectivity index (χ1v) is 13.3. The largest absolute Gasteiger partial charge is 0.481 e. The minimum Gasteiger partial charge on any atom is -0.481 e. The number of pyridine rings is 2. The smallest absolute Gasteiger partial charge is 0.435 e. The first kappa shape index (κ1) is 29.7. The summed E-state index contributed by atoms with van der Waals surface area (Å²) in [5.74, 6) is -1.77. The zero-order chi connectivity index (χ0) is 31.3. The Kier molecular flexibility index (Phi) is 7.45. The van der Waals surface area contributed by atoms with Gasteiger partial charge in [-0.05, 0) is 68.7 Å². The molecule has 0 unspecified atom stereocenters. The number of aromatic nitrogens is 4. The van der Waals surface area contributed by atoms with E-state index < -0.39 is 35.4 Å². The number of benzene rings is 1. The lowest BCUT2D eigenvalue weighted by atomic mass is 9.98. The monoisotopic (exact) mass is 597 g/mol. The average Bonchev–Trinajstić information content (AvgIpc) is 3.53. The fourth-order valence-corrected chi connectivity index (χ4v) is 5.07. The molecule has 1 aliphatic rings. The number of hydrogen-bond donors (Lipinski definition) is 1. The molecule has 0 aliphatic heterocycles. The average molecular weight is 598 g/mol. The summed E-state index contributed by atoms with van der Waals surface area (Å²) in [6.45, 7) is 7.00. The van der Waals surface area contributed by atoms with Gasteiger partial charge in [0, 0.05) is 54.4 Å². The van der Waals surface area contributed by atoms with Crippen molar-refractivity contribution in [2.75, 3.05) is 11.4 Å². The van der Waals surface area contributed by atoms with Crippen molar-refractivity contribution < 1.29 is 37.0 Å². The Balaban J connectivity index is 1.75. The molecule has 3 aromatic heterocycles. The summed E-state index contributed by atoms with van der Waals surface area (Å²) in [5, 5.41) is 13.1. The number of alkyl halides is 3. The standard InChI is InChI=1S/C30H27F4N5O4/c1-5-38(28(42)43-29(2,3)4)23-11-18(31)10-20-19(23)12-22-26(20)27(39-7-6-24(37-39)30(32,33)34)21(15-36-22)17-8-16(9-25(40)41)13-35-14-17/h6-8,10-11,13-15H,5,9,12H2,1-4H3,(H,40,41). The number of halogens is 4. The van der Waals surface area contributed by atoms with E-state index in [1.807, 2.05) is 0 Å². The molecule has 0 spiro atoms. The number of aliphatic carboxylic acids is 1. The van der Waals surface area contributed by atoms with Crippen LogP contribution in [0.15, 0.2) is 49.1 Å². The predicted molar refractivity (Wildman–Crippen MR) is 148 cm³/mol. The Hall–Kier alpha value is -4.81. The summed E-state index contributed by atoms with van der Waals surface area (Å²) >= 11 is 0. The van der Waals surface area contributed by atoms with Crippen LogP contribution in [0.1, 0.15) is 50.2 Å². The molecule has 0 atom stereocenters. The number of anilines is 1. The van der Waals surface area contributed by atoms with E-state index in [-0.39, 0.29) is 30.8 Å². The van der Waals surface area contributed by atoms with Crippen LogP contribution in [0, 0.1) is 5.82 Å². The highest BCUT2D eigenvalue weighted by Crippen LogP contribution is 2.47. The Morgan fingerprint density at radius 2 is 1.84 bits per heavy atom. The molecular weight excluding hydrogens is 570 g/mol. The molecule has 1 amide bonds. The third kappa shape index (κ3) is 5.92. The third-order valence-corrected chi connectivity index (χ3v) is 6.73. The van der Waals surface area contributed by atoms with E-state index in [9.17, 15) is 27.9 Å². The van der Waals surface area contributed by atoms with Crippen molar-refractivity contribution in [1.29, 1.82) is 0 Å². The third-order valence-electron chi connectivity index (χ3n) is 6.73. The van der Waals surface area contributed by atoms with E-state index in [4.69, 9.17) is 4.74 Å². The first-order valence-electron chi connectivity index (χ1n) is 13.3. The van der Waals surface area contributed by atoms with Crippen LogP contribution < -0.4 is 4.90 Å². The normalized spacial score (nSPS) is 12.6. The van der Waals surface area contributed by atoms with Crippen LogP contribution in [0.2, 0.25) is 0 Å². The van der Waals surface area contributed by atoms with Crippen LogP contribution in [-0.2, 0) is 28.5 Å². The highest BCUT2D eigenvalue weighted by Gasteiger charge is 2.36. The summed E-state index contributed by atoms with van der Waals surface area (Å²) in [6.07, 6.45) is -0.193. The summed E-state index contributed by atoms with van der Waals surface area (Å²) in [5.41, 5.74) is 1.13. The van der Waals surface area contributed by atoms with E-state index >= 15 is 4.39 Å². The lowest BCUT2D eigenvalue weighted by molar-refractivity contribution is -0.141. The van der Waals surface area contributed by atoms with Crippen molar-refractivity contribution >= 4 is 17.7 Å². The summed E-state index contributed by atoms with van der Waals surface area (Å²) < 4.78 is 62.7. The van der Waals surface area contributed by atoms with Crippen LogP contribution in [0.3, 0.4) is 0 Å². The van der Waals surface area contributed by atoms with Gasteiger partial charge in [-0.25, -0.2) is 13.9 Å². The fourth-order valence-electron chi connectivity index (χ4n) is 5.07. The summed E-state index contributed by atoms with van der Waals surface area (Å²) in [6, 6.07) is 4.84. The molecule has 43 heavy (non-hydrogen) atoms. The highest BCUT2D eigenvalue weighted by molar-refractivity contribution is 5.96. The number of hydrogen-bond acceptors (Lipinski definition) is 6. The summed E-state index contributed by atoms with van der Waals surface area (Å²) in [7, 11) is 0. The van der Waals surface area contributed by atoms with Gasteiger partial charge in [0.2, 0.25) is 0 Å². The van der Waals surface area contributed by atoms with Gasteiger partial charge in [-0.2, -0.15) is 18.3 Å². The molecule has 0 fully saturated rings. The molecule has 13 heteroatoms. The summed E-state index contributed by atoms with van der Waals surface area (Å²) in [4.78, 5) is 34.4. The Morgan fingerprint density at radius 3 is 2.47 bits per heavy atom. The van der Waals surface area contributed by atoms with Gasteiger partial charge >= 0.3 is 18.2 Å². The van der Waals surface area contributed by atoms with Gasteiger partial charge in [-0.3, -0.25) is 19.7 Å². The maximum Gasteiger partial charge on any atom is 0.435 e. The van der Waals surface area contributed by atoms with Crippen molar-refractivity contribution in [1.82, 2.24) is 19.7 Å². The Morgan fingerprint density at radius 1 is 1.09 bits per heavy atom. The van der Waals surface area contributed by atoms with Crippen molar-refractivity contribution in [3.05, 3.63) is 77.4 Å². The van der Waals surface area contributed by atoms with E-state index in [1.165, 1.54) is 35.6 Å². The van der Waals surface area contributed by atoms with E-state index in [0.717, 1.165) is 16.9 Å². The zero-order valence-corrected chi connectivity index (χ0v) is 23.7. The van der Waals surface area contributed by atoms with Gasteiger partial charge in [0.1, 0.15) is 11.4 Å². The molecule has 224 valence electrons. The van der Waals surface area contributed by atoms with Crippen molar-refractivity contribution in [2.24, 2.45) is 0 Å². The molecule has 4 aromatic rings. The zero-order valence-electron chi connectivity index (χ0n) is 23.7. The van der Waals surface area contributed by atoms with Gasteiger partial charge in [0.05, 0.1) is 23.5 Å². The maximum absolute atomic E-state index is 15.3. The van der Waals surface area contributed by atoms with Crippen LogP contribution in [0.4, 0.5) is 28.0 Å². The number of carboxylic acids is 1. The number of ether oxygens (including phenoxy) is 1. The molecule has 3 heterocycles. The van der Waals surface area contributed by atoms with Crippen molar-refractivity contribution in [3.8, 4) is 27.9 Å². The molecule has 1 aliphatic carbocycles. The minimum atomic E-state index is -4.73. The second-order valence-corrected chi connectivity index (χ2v) is 11.0. The van der Waals surface area contributed by atoms with Gasteiger partial charge in [0.15, 0.2) is 5.69 Å². The molecule has 9 nitrogen and oxygen atoms in total. The molecular formula is C30H27F4N5O4. The van der Waals surface area contributed by atoms with E-state index in [1.54, 1.807) is 33.8 Å². The highest BCUT2D eigenvalue weighted by atomic mass is 19.4.